The van der Waals surface area contributed by atoms with E-state index in [0.29, 0.717) is 5.56 Å². The standard InChI is InChI=1S/C20H15N3O2/c1-14-6-2-4-8-18(14)22-19-11-10-15(12-16(19)13-21-22)17-7-3-5-9-20(17)23(24)25/h2-13H,1H3. The van der Waals surface area contributed by atoms with Gasteiger partial charge >= 0.3 is 0 Å². The van der Waals surface area contributed by atoms with Gasteiger partial charge in [0.2, 0.25) is 0 Å². The average Bonchev–Trinajstić information content (AvgIpc) is 3.05. The molecule has 0 fully saturated rings. The van der Waals surface area contributed by atoms with Crippen LogP contribution in [0.1, 0.15) is 5.56 Å². The molecule has 0 bridgehead atoms. The lowest BCUT2D eigenvalue weighted by atomic mass is 10.0. The molecule has 0 aliphatic carbocycles. The van der Waals surface area contributed by atoms with E-state index < -0.39 is 0 Å². The first kappa shape index (κ1) is 15.1. The van der Waals surface area contributed by atoms with E-state index in [1.165, 1.54) is 6.07 Å². The average molecular weight is 329 g/mol. The van der Waals surface area contributed by atoms with E-state index >= 15 is 0 Å². The number of aryl methyl sites for hydroxylation is 1. The van der Waals surface area contributed by atoms with Gasteiger partial charge in [-0.3, -0.25) is 10.1 Å². The van der Waals surface area contributed by atoms with Gasteiger partial charge < -0.3 is 0 Å². The SMILES string of the molecule is Cc1ccccc1-n1ncc2cc(-c3ccccc3[N+](=O)[O-])ccc21. The Hall–Kier alpha value is -3.47. The summed E-state index contributed by atoms with van der Waals surface area (Å²) < 4.78 is 1.90. The van der Waals surface area contributed by atoms with Crippen molar-refractivity contribution in [3.8, 4) is 16.8 Å². The quantitative estimate of drug-likeness (QED) is 0.396. The second kappa shape index (κ2) is 5.87. The molecule has 4 aromatic rings. The third kappa shape index (κ3) is 2.55. The number of para-hydroxylation sites is 2. The predicted molar refractivity (Wildman–Crippen MR) is 97.9 cm³/mol. The van der Waals surface area contributed by atoms with E-state index in [9.17, 15) is 10.1 Å². The molecule has 1 aromatic heterocycles. The molecular formula is C20H15N3O2. The highest BCUT2D eigenvalue weighted by molar-refractivity contribution is 5.87. The van der Waals surface area contributed by atoms with E-state index in [4.69, 9.17) is 0 Å². The van der Waals surface area contributed by atoms with Gasteiger partial charge in [0.15, 0.2) is 0 Å². The Bertz CT molecular complexity index is 1100. The number of nitrogens with zero attached hydrogens (tertiary/aromatic N) is 3. The molecule has 0 unspecified atom stereocenters. The molecule has 25 heavy (non-hydrogen) atoms. The van der Waals surface area contributed by atoms with Crippen molar-refractivity contribution in [3.05, 3.63) is 88.6 Å². The van der Waals surface area contributed by atoms with Crippen molar-refractivity contribution in [2.75, 3.05) is 0 Å². The number of nitro groups is 1. The molecule has 1 heterocycles. The molecule has 0 amide bonds. The summed E-state index contributed by atoms with van der Waals surface area (Å²) in [6, 6.07) is 20.6. The van der Waals surface area contributed by atoms with Crippen molar-refractivity contribution in [1.29, 1.82) is 0 Å². The van der Waals surface area contributed by atoms with E-state index in [2.05, 4.69) is 5.10 Å². The van der Waals surface area contributed by atoms with Crippen molar-refractivity contribution in [2.24, 2.45) is 0 Å². The molecular weight excluding hydrogens is 314 g/mol. The van der Waals surface area contributed by atoms with E-state index in [0.717, 1.165) is 27.7 Å². The number of aromatic nitrogens is 2. The third-order valence-corrected chi connectivity index (χ3v) is 4.32. The fraction of sp³-hybridized carbons (Fsp3) is 0.0500. The van der Waals surface area contributed by atoms with Gasteiger partial charge in [0.05, 0.1) is 27.9 Å². The second-order valence-electron chi connectivity index (χ2n) is 5.89. The van der Waals surface area contributed by atoms with Crippen molar-refractivity contribution in [3.63, 3.8) is 0 Å². The third-order valence-electron chi connectivity index (χ3n) is 4.32. The van der Waals surface area contributed by atoms with Crippen LogP contribution in [0.2, 0.25) is 0 Å². The van der Waals surface area contributed by atoms with Gasteiger partial charge in [-0.1, -0.05) is 36.4 Å². The summed E-state index contributed by atoms with van der Waals surface area (Å²) in [6.45, 7) is 2.05. The summed E-state index contributed by atoms with van der Waals surface area (Å²) in [5.41, 5.74) is 4.65. The topological polar surface area (TPSA) is 61.0 Å². The lowest BCUT2D eigenvalue weighted by Crippen LogP contribution is -1.98. The Morgan fingerprint density at radius 2 is 1.76 bits per heavy atom. The first-order chi connectivity index (χ1) is 12.1. The molecule has 5 heteroatoms. The zero-order chi connectivity index (χ0) is 17.4. The molecule has 122 valence electrons. The Morgan fingerprint density at radius 1 is 1.00 bits per heavy atom. The summed E-state index contributed by atoms with van der Waals surface area (Å²) in [6.07, 6.45) is 1.79. The molecule has 0 saturated heterocycles. The molecule has 5 nitrogen and oxygen atoms in total. The minimum Gasteiger partial charge on any atom is -0.258 e. The molecule has 0 spiro atoms. The normalized spacial score (nSPS) is 10.9. The van der Waals surface area contributed by atoms with Crippen LogP contribution in [0.3, 0.4) is 0 Å². The maximum Gasteiger partial charge on any atom is 0.277 e. The van der Waals surface area contributed by atoms with Crippen LogP contribution in [0.5, 0.6) is 0 Å². The van der Waals surface area contributed by atoms with Gasteiger partial charge in [0, 0.05) is 11.5 Å². The lowest BCUT2D eigenvalue weighted by Gasteiger charge is -2.08. The van der Waals surface area contributed by atoms with Crippen LogP contribution in [0.4, 0.5) is 5.69 Å². The Balaban J connectivity index is 1.87. The Kier molecular flexibility index (Phi) is 3.54. The molecule has 0 aliphatic heterocycles. The smallest absolute Gasteiger partial charge is 0.258 e. The van der Waals surface area contributed by atoms with Crippen LogP contribution in [-0.2, 0) is 0 Å². The number of benzene rings is 3. The Labute approximate surface area is 144 Å². The molecule has 4 rings (SSSR count). The second-order valence-corrected chi connectivity index (χ2v) is 5.89. The van der Waals surface area contributed by atoms with Crippen molar-refractivity contribution < 1.29 is 4.92 Å². The van der Waals surface area contributed by atoms with Crippen molar-refractivity contribution in [2.45, 2.75) is 6.92 Å². The summed E-state index contributed by atoms with van der Waals surface area (Å²) >= 11 is 0. The fourth-order valence-corrected chi connectivity index (χ4v) is 3.07. The minimum atomic E-state index is -0.351. The van der Waals surface area contributed by atoms with E-state index in [1.54, 1.807) is 18.3 Å². The molecule has 0 aliphatic rings. The number of fused-ring (bicyclic) bond motifs is 1. The van der Waals surface area contributed by atoms with Gasteiger partial charge in [-0.05, 0) is 42.3 Å². The first-order valence-corrected chi connectivity index (χ1v) is 7.93. The fourth-order valence-electron chi connectivity index (χ4n) is 3.07. The lowest BCUT2D eigenvalue weighted by molar-refractivity contribution is -0.384. The first-order valence-electron chi connectivity index (χ1n) is 7.93. The number of hydrogen-bond donors (Lipinski definition) is 0. The van der Waals surface area contributed by atoms with Crippen LogP contribution >= 0.6 is 0 Å². The monoisotopic (exact) mass is 329 g/mol. The van der Waals surface area contributed by atoms with Crippen LogP contribution in [0.15, 0.2) is 72.9 Å². The Morgan fingerprint density at radius 3 is 2.56 bits per heavy atom. The van der Waals surface area contributed by atoms with Gasteiger partial charge in [0.1, 0.15) is 0 Å². The summed E-state index contributed by atoms with van der Waals surface area (Å²) in [5, 5.41) is 16.7. The highest BCUT2D eigenvalue weighted by atomic mass is 16.6. The summed E-state index contributed by atoms with van der Waals surface area (Å²) in [4.78, 5) is 10.9. The minimum absolute atomic E-state index is 0.105. The number of rotatable bonds is 3. The van der Waals surface area contributed by atoms with E-state index in [-0.39, 0.29) is 10.6 Å². The molecule has 0 N–H and O–H groups in total. The van der Waals surface area contributed by atoms with Crippen LogP contribution in [-0.4, -0.2) is 14.7 Å². The largest absolute Gasteiger partial charge is 0.277 e. The molecule has 0 atom stereocenters. The van der Waals surface area contributed by atoms with Crippen LogP contribution in [0, 0.1) is 17.0 Å². The van der Waals surface area contributed by atoms with Gasteiger partial charge in [-0.25, -0.2) is 4.68 Å². The predicted octanol–water partition coefficient (Wildman–Crippen LogP) is 4.91. The maximum absolute atomic E-state index is 11.3. The van der Waals surface area contributed by atoms with Crippen molar-refractivity contribution >= 4 is 16.6 Å². The van der Waals surface area contributed by atoms with Gasteiger partial charge in [0.25, 0.3) is 5.69 Å². The van der Waals surface area contributed by atoms with Crippen LogP contribution in [0.25, 0.3) is 27.7 Å². The zero-order valence-electron chi connectivity index (χ0n) is 13.6. The zero-order valence-corrected chi connectivity index (χ0v) is 13.6. The van der Waals surface area contributed by atoms with Gasteiger partial charge in [-0.2, -0.15) is 5.10 Å². The summed E-state index contributed by atoms with van der Waals surface area (Å²) in [5.74, 6) is 0. The highest BCUT2D eigenvalue weighted by Crippen LogP contribution is 2.32. The van der Waals surface area contributed by atoms with Crippen LogP contribution < -0.4 is 0 Å². The van der Waals surface area contributed by atoms with E-state index in [1.807, 2.05) is 60.1 Å². The number of hydrogen-bond acceptors (Lipinski definition) is 3. The van der Waals surface area contributed by atoms with Gasteiger partial charge in [-0.15, -0.1) is 0 Å². The van der Waals surface area contributed by atoms with Crippen molar-refractivity contribution in [1.82, 2.24) is 9.78 Å². The molecule has 0 radical (unpaired) electrons. The molecule has 0 saturated carbocycles. The highest BCUT2D eigenvalue weighted by Gasteiger charge is 2.15. The summed E-state index contributed by atoms with van der Waals surface area (Å²) in [7, 11) is 0. The molecule has 3 aromatic carbocycles. The maximum atomic E-state index is 11.3. The number of nitro benzene ring substituents is 1.